The number of unbranched alkanes of at least 4 members (excludes halogenated alkanes) is 1. The van der Waals surface area contributed by atoms with Crippen LogP contribution in [-0.2, 0) is 0 Å². The lowest BCUT2D eigenvalue weighted by molar-refractivity contribution is 0.113. The minimum absolute atomic E-state index is 0.379. The van der Waals surface area contributed by atoms with Gasteiger partial charge in [0.1, 0.15) is 0 Å². The van der Waals surface area contributed by atoms with E-state index >= 15 is 0 Å². The Labute approximate surface area is 102 Å². The Hall–Kier alpha value is -0.0800. The van der Waals surface area contributed by atoms with Crippen LogP contribution in [0.1, 0.15) is 59.3 Å². The molecule has 1 aliphatic heterocycles. The van der Waals surface area contributed by atoms with Gasteiger partial charge in [-0.25, -0.2) is 0 Å². The fourth-order valence-corrected chi connectivity index (χ4v) is 2.47. The number of nitrogens with zero attached hydrogens (tertiary/aromatic N) is 1. The molecule has 2 N–H and O–H groups in total. The van der Waals surface area contributed by atoms with Gasteiger partial charge in [-0.1, -0.05) is 26.7 Å². The Bertz CT molecular complexity index is 181. The number of piperidine rings is 1. The van der Waals surface area contributed by atoms with Gasteiger partial charge in [0.05, 0.1) is 0 Å². The van der Waals surface area contributed by atoms with Crippen LogP contribution < -0.4 is 5.73 Å². The van der Waals surface area contributed by atoms with Crippen molar-refractivity contribution in [3.63, 3.8) is 0 Å². The van der Waals surface area contributed by atoms with E-state index in [1.807, 2.05) is 0 Å². The van der Waals surface area contributed by atoms with Crippen molar-refractivity contribution in [1.82, 2.24) is 4.90 Å². The molecule has 1 unspecified atom stereocenters. The largest absolute Gasteiger partial charge is 0.328 e. The minimum atomic E-state index is 0.379. The molecule has 0 radical (unpaired) electrons. The summed E-state index contributed by atoms with van der Waals surface area (Å²) < 4.78 is 0. The molecule has 0 aromatic carbocycles. The molecule has 1 saturated heterocycles. The first-order chi connectivity index (χ1) is 7.56. The second-order valence-electron chi connectivity index (χ2n) is 5.98. The van der Waals surface area contributed by atoms with Crippen LogP contribution in [0.25, 0.3) is 0 Å². The topological polar surface area (TPSA) is 29.3 Å². The highest BCUT2D eigenvalue weighted by atomic mass is 15.1. The van der Waals surface area contributed by atoms with Crippen molar-refractivity contribution in [1.29, 1.82) is 0 Å². The number of rotatable bonds is 6. The maximum absolute atomic E-state index is 5.75. The van der Waals surface area contributed by atoms with Crippen molar-refractivity contribution >= 4 is 0 Å². The predicted molar refractivity (Wildman–Crippen MR) is 71.6 cm³/mol. The summed E-state index contributed by atoms with van der Waals surface area (Å²) in [6.07, 6.45) is 7.91. The lowest BCUT2D eigenvalue weighted by Gasteiger charge is -2.39. The molecule has 1 fully saturated rings. The smallest absolute Gasteiger partial charge is 0.00104 e. The molecule has 1 aliphatic rings. The summed E-state index contributed by atoms with van der Waals surface area (Å²) in [5.41, 5.74) is 6.38. The molecule has 0 saturated carbocycles. The summed E-state index contributed by atoms with van der Waals surface area (Å²) in [4.78, 5) is 2.64. The summed E-state index contributed by atoms with van der Waals surface area (Å²) >= 11 is 0. The molecular weight excluding hydrogens is 196 g/mol. The molecule has 0 aromatic rings. The van der Waals surface area contributed by atoms with Crippen LogP contribution in [0.4, 0.5) is 0 Å². The van der Waals surface area contributed by atoms with E-state index in [1.165, 1.54) is 58.2 Å². The third kappa shape index (κ3) is 4.84. The molecule has 0 amide bonds. The van der Waals surface area contributed by atoms with Crippen molar-refractivity contribution in [2.75, 3.05) is 19.6 Å². The number of nitrogens with two attached hydrogens (primary N) is 1. The first-order valence-electron chi connectivity index (χ1n) is 7.04. The monoisotopic (exact) mass is 226 g/mol. The molecule has 16 heavy (non-hydrogen) atoms. The second-order valence-corrected chi connectivity index (χ2v) is 5.98. The van der Waals surface area contributed by atoms with E-state index in [4.69, 9.17) is 5.73 Å². The van der Waals surface area contributed by atoms with Crippen LogP contribution >= 0.6 is 0 Å². The standard InChI is InChI=1S/C14H30N2/c1-4-14(3)8-11-16(12-9-14)10-6-5-7-13(2)15/h13H,4-12,15H2,1-3H3. The van der Waals surface area contributed by atoms with E-state index < -0.39 is 0 Å². The molecular formula is C14H30N2. The highest BCUT2D eigenvalue weighted by Crippen LogP contribution is 2.33. The Kier molecular flexibility index (Phi) is 5.77. The van der Waals surface area contributed by atoms with Gasteiger partial charge in [0, 0.05) is 6.04 Å². The Morgan fingerprint density at radius 1 is 1.25 bits per heavy atom. The molecule has 2 nitrogen and oxygen atoms in total. The summed E-state index contributed by atoms with van der Waals surface area (Å²) in [6.45, 7) is 10.8. The van der Waals surface area contributed by atoms with Gasteiger partial charge in [0.25, 0.3) is 0 Å². The van der Waals surface area contributed by atoms with Gasteiger partial charge in [0.2, 0.25) is 0 Å². The van der Waals surface area contributed by atoms with Crippen molar-refractivity contribution in [3.05, 3.63) is 0 Å². The summed E-state index contributed by atoms with van der Waals surface area (Å²) in [7, 11) is 0. The second kappa shape index (κ2) is 6.61. The van der Waals surface area contributed by atoms with Crippen LogP contribution in [0, 0.1) is 5.41 Å². The van der Waals surface area contributed by atoms with Gasteiger partial charge in [-0.15, -0.1) is 0 Å². The van der Waals surface area contributed by atoms with Gasteiger partial charge in [-0.05, 0) is 57.7 Å². The molecule has 1 rings (SSSR count). The Morgan fingerprint density at radius 3 is 2.38 bits per heavy atom. The van der Waals surface area contributed by atoms with E-state index in [0.29, 0.717) is 11.5 Å². The number of hydrogen-bond acceptors (Lipinski definition) is 2. The van der Waals surface area contributed by atoms with E-state index in [0.717, 1.165) is 0 Å². The third-order valence-electron chi connectivity index (χ3n) is 4.30. The minimum Gasteiger partial charge on any atom is -0.328 e. The number of hydrogen-bond donors (Lipinski definition) is 1. The van der Waals surface area contributed by atoms with Gasteiger partial charge in [-0.2, -0.15) is 0 Å². The molecule has 2 heteroatoms. The van der Waals surface area contributed by atoms with E-state index in [-0.39, 0.29) is 0 Å². The summed E-state index contributed by atoms with van der Waals surface area (Å²) in [5, 5.41) is 0. The zero-order valence-corrected chi connectivity index (χ0v) is 11.5. The Balaban J connectivity index is 2.08. The van der Waals surface area contributed by atoms with Crippen LogP contribution in [-0.4, -0.2) is 30.6 Å². The number of likely N-dealkylation sites (tertiary alicyclic amines) is 1. The normalized spacial score (nSPS) is 23.2. The SMILES string of the molecule is CCC1(C)CCN(CCCCC(C)N)CC1. The molecule has 0 aliphatic carbocycles. The molecule has 0 bridgehead atoms. The molecule has 1 heterocycles. The average Bonchev–Trinajstić information content (AvgIpc) is 2.27. The van der Waals surface area contributed by atoms with Gasteiger partial charge < -0.3 is 10.6 Å². The van der Waals surface area contributed by atoms with Gasteiger partial charge >= 0.3 is 0 Å². The molecule has 1 atom stereocenters. The lowest BCUT2D eigenvalue weighted by atomic mass is 9.78. The third-order valence-corrected chi connectivity index (χ3v) is 4.30. The zero-order chi connectivity index (χ0) is 12.0. The zero-order valence-electron chi connectivity index (χ0n) is 11.5. The maximum Gasteiger partial charge on any atom is 0.00104 e. The molecule has 0 spiro atoms. The quantitative estimate of drug-likeness (QED) is 0.705. The highest BCUT2D eigenvalue weighted by molar-refractivity contribution is 4.81. The van der Waals surface area contributed by atoms with Gasteiger partial charge in [-0.3, -0.25) is 0 Å². The molecule has 0 aromatic heterocycles. The predicted octanol–water partition coefficient (Wildman–Crippen LogP) is 3.02. The van der Waals surface area contributed by atoms with E-state index in [1.54, 1.807) is 0 Å². The fraction of sp³-hybridized carbons (Fsp3) is 1.00. The van der Waals surface area contributed by atoms with E-state index in [2.05, 4.69) is 25.7 Å². The average molecular weight is 226 g/mol. The van der Waals surface area contributed by atoms with Crippen molar-refractivity contribution in [2.24, 2.45) is 11.1 Å². The fourth-order valence-electron chi connectivity index (χ4n) is 2.47. The molecule has 96 valence electrons. The summed E-state index contributed by atoms with van der Waals surface area (Å²) in [5.74, 6) is 0. The van der Waals surface area contributed by atoms with E-state index in [9.17, 15) is 0 Å². The van der Waals surface area contributed by atoms with Crippen LogP contribution in [0.15, 0.2) is 0 Å². The first-order valence-corrected chi connectivity index (χ1v) is 7.04. The van der Waals surface area contributed by atoms with Crippen molar-refractivity contribution < 1.29 is 0 Å². The van der Waals surface area contributed by atoms with Crippen LogP contribution in [0.2, 0.25) is 0 Å². The van der Waals surface area contributed by atoms with Crippen LogP contribution in [0.5, 0.6) is 0 Å². The summed E-state index contributed by atoms with van der Waals surface area (Å²) in [6, 6.07) is 0.379. The van der Waals surface area contributed by atoms with Crippen molar-refractivity contribution in [2.45, 2.75) is 65.3 Å². The lowest BCUT2D eigenvalue weighted by Crippen LogP contribution is -2.38. The van der Waals surface area contributed by atoms with Crippen LogP contribution in [0.3, 0.4) is 0 Å². The Morgan fingerprint density at radius 2 is 1.88 bits per heavy atom. The van der Waals surface area contributed by atoms with Crippen molar-refractivity contribution in [3.8, 4) is 0 Å². The highest BCUT2D eigenvalue weighted by Gasteiger charge is 2.27. The maximum atomic E-state index is 5.75. The first kappa shape index (κ1) is 14.0. The van der Waals surface area contributed by atoms with Gasteiger partial charge in [0.15, 0.2) is 0 Å².